The van der Waals surface area contributed by atoms with E-state index in [0.29, 0.717) is 20.5 Å². The van der Waals surface area contributed by atoms with Gasteiger partial charge in [0.2, 0.25) is 0 Å². The SMILES string of the molecule is COC(=O)c1sc(NC(=S)Nc2ccccc2Sc2ccc(Cl)cc2)c(C(=O)OC)c1C. The van der Waals surface area contributed by atoms with E-state index >= 15 is 0 Å². The van der Waals surface area contributed by atoms with E-state index in [-0.39, 0.29) is 10.7 Å². The van der Waals surface area contributed by atoms with Gasteiger partial charge in [0, 0.05) is 14.8 Å². The maximum absolute atomic E-state index is 12.3. The largest absolute Gasteiger partial charge is 0.465 e. The number of hydrogen-bond donors (Lipinski definition) is 2. The van der Waals surface area contributed by atoms with E-state index in [0.717, 1.165) is 26.8 Å². The van der Waals surface area contributed by atoms with E-state index in [1.165, 1.54) is 14.2 Å². The molecule has 0 unspecified atom stereocenters. The van der Waals surface area contributed by atoms with E-state index in [9.17, 15) is 9.59 Å². The Kier molecular flexibility index (Phi) is 8.14. The highest BCUT2D eigenvalue weighted by Gasteiger charge is 2.26. The molecule has 10 heteroatoms. The number of thiocarbonyl (C=S) groups is 1. The quantitative estimate of drug-likeness (QED) is 0.300. The smallest absolute Gasteiger partial charge is 0.348 e. The summed E-state index contributed by atoms with van der Waals surface area (Å²) in [4.78, 5) is 26.7. The van der Waals surface area contributed by atoms with Gasteiger partial charge in [0.1, 0.15) is 9.88 Å². The van der Waals surface area contributed by atoms with Gasteiger partial charge >= 0.3 is 11.9 Å². The lowest BCUT2D eigenvalue weighted by molar-refractivity contribution is 0.0601. The zero-order valence-corrected chi connectivity index (χ0v) is 20.6. The first-order chi connectivity index (χ1) is 15.3. The molecule has 166 valence electrons. The molecule has 2 N–H and O–H groups in total. The third-order valence-electron chi connectivity index (χ3n) is 4.31. The van der Waals surface area contributed by atoms with Crippen molar-refractivity contribution in [1.29, 1.82) is 0 Å². The lowest BCUT2D eigenvalue weighted by atomic mass is 10.1. The molecule has 0 amide bonds. The lowest BCUT2D eigenvalue weighted by Crippen LogP contribution is -2.20. The highest BCUT2D eigenvalue weighted by molar-refractivity contribution is 7.99. The van der Waals surface area contributed by atoms with Crippen molar-refractivity contribution in [1.82, 2.24) is 0 Å². The van der Waals surface area contributed by atoms with Crippen molar-refractivity contribution in [2.45, 2.75) is 16.7 Å². The number of esters is 2. The first-order valence-corrected chi connectivity index (χ1v) is 11.7. The number of thiophene rings is 1. The van der Waals surface area contributed by atoms with Crippen molar-refractivity contribution in [3.63, 3.8) is 0 Å². The van der Waals surface area contributed by atoms with Crippen LogP contribution in [-0.4, -0.2) is 31.3 Å². The molecule has 0 fully saturated rings. The fourth-order valence-corrected chi connectivity index (χ4v) is 5.20. The Hall–Kier alpha value is -2.59. The predicted molar refractivity (Wildman–Crippen MR) is 134 cm³/mol. The highest BCUT2D eigenvalue weighted by Crippen LogP contribution is 2.36. The molecule has 0 bridgehead atoms. The van der Waals surface area contributed by atoms with Crippen LogP contribution in [0.3, 0.4) is 0 Å². The summed E-state index contributed by atoms with van der Waals surface area (Å²) in [6.45, 7) is 1.66. The minimum absolute atomic E-state index is 0.242. The third kappa shape index (κ3) is 5.60. The molecule has 0 atom stereocenters. The molecule has 0 saturated heterocycles. The van der Waals surface area contributed by atoms with Crippen molar-refractivity contribution in [3.05, 3.63) is 69.6 Å². The summed E-state index contributed by atoms with van der Waals surface area (Å²) in [5.74, 6) is -1.10. The van der Waals surface area contributed by atoms with Gasteiger partial charge in [-0.2, -0.15) is 0 Å². The fourth-order valence-electron chi connectivity index (χ4n) is 2.78. The number of hydrogen-bond acceptors (Lipinski definition) is 7. The van der Waals surface area contributed by atoms with Crippen molar-refractivity contribution < 1.29 is 19.1 Å². The van der Waals surface area contributed by atoms with Gasteiger partial charge in [-0.05, 0) is 61.1 Å². The normalized spacial score (nSPS) is 10.4. The molecule has 2 aromatic carbocycles. The minimum Gasteiger partial charge on any atom is -0.465 e. The summed E-state index contributed by atoms with van der Waals surface area (Å²) in [5, 5.41) is 7.51. The molecular formula is C22H19ClN2O4S3. The monoisotopic (exact) mass is 506 g/mol. The highest BCUT2D eigenvalue weighted by atomic mass is 35.5. The number of carbonyl (C=O) groups is 2. The molecule has 6 nitrogen and oxygen atoms in total. The topological polar surface area (TPSA) is 76.7 Å². The van der Waals surface area contributed by atoms with Gasteiger partial charge in [-0.15, -0.1) is 11.3 Å². The summed E-state index contributed by atoms with van der Waals surface area (Å²) in [6.07, 6.45) is 0. The number of anilines is 2. The van der Waals surface area contributed by atoms with E-state index < -0.39 is 11.9 Å². The van der Waals surface area contributed by atoms with Crippen LogP contribution in [0.4, 0.5) is 10.7 Å². The van der Waals surface area contributed by atoms with Crippen LogP contribution in [0.2, 0.25) is 5.02 Å². The molecule has 0 aliphatic rings. The second kappa shape index (κ2) is 10.8. The Balaban J connectivity index is 1.83. The summed E-state index contributed by atoms with van der Waals surface area (Å²) in [7, 11) is 2.57. The van der Waals surface area contributed by atoms with E-state index in [1.807, 2.05) is 48.5 Å². The Morgan fingerprint density at radius 2 is 1.66 bits per heavy atom. The number of methoxy groups -OCH3 is 2. The lowest BCUT2D eigenvalue weighted by Gasteiger charge is -2.14. The molecule has 0 radical (unpaired) electrons. The fraction of sp³-hybridized carbons (Fsp3) is 0.136. The molecule has 0 spiro atoms. The van der Waals surface area contributed by atoms with Crippen LogP contribution in [0.5, 0.6) is 0 Å². The van der Waals surface area contributed by atoms with Gasteiger partial charge < -0.3 is 20.1 Å². The standard InChI is InChI=1S/C22H19ClN2O4S3/c1-12-17(20(26)28-2)19(32-18(12)21(27)29-3)25-22(30)24-15-6-4-5-7-16(15)31-14-10-8-13(23)9-11-14/h4-11H,1-3H3,(H2,24,25,30). The third-order valence-corrected chi connectivity index (χ3v) is 7.04. The minimum atomic E-state index is -0.571. The first-order valence-electron chi connectivity index (χ1n) is 9.24. The van der Waals surface area contributed by atoms with Crippen LogP contribution in [-0.2, 0) is 9.47 Å². The Morgan fingerprint density at radius 1 is 1.00 bits per heavy atom. The molecule has 1 heterocycles. The van der Waals surface area contributed by atoms with Gasteiger partial charge in [0.15, 0.2) is 5.11 Å². The van der Waals surface area contributed by atoms with Gasteiger partial charge in [-0.1, -0.05) is 35.5 Å². The number of nitrogens with one attached hydrogen (secondary N) is 2. The Bertz CT molecular complexity index is 1160. The number of ether oxygens (including phenoxy) is 2. The number of halogens is 1. The van der Waals surface area contributed by atoms with Crippen LogP contribution in [0.15, 0.2) is 58.3 Å². The van der Waals surface area contributed by atoms with Crippen molar-refractivity contribution in [2.24, 2.45) is 0 Å². The van der Waals surface area contributed by atoms with E-state index in [4.69, 9.17) is 33.3 Å². The average Bonchev–Trinajstić information content (AvgIpc) is 3.11. The van der Waals surface area contributed by atoms with Gasteiger partial charge in [0.05, 0.1) is 25.5 Å². The van der Waals surface area contributed by atoms with E-state index in [1.54, 1.807) is 18.7 Å². The number of benzene rings is 2. The maximum Gasteiger partial charge on any atom is 0.348 e. The number of carbonyl (C=O) groups excluding carboxylic acids is 2. The van der Waals surface area contributed by atoms with Crippen LogP contribution in [0.25, 0.3) is 0 Å². The summed E-state index contributed by atoms with van der Waals surface area (Å²) >= 11 is 14.1. The van der Waals surface area contributed by atoms with Gasteiger partial charge in [0.25, 0.3) is 0 Å². The molecule has 0 saturated carbocycles. The Labute approximate surface area is 204 Å². The van der Waals surface area contributed by atoms with Crippen molar-refractivity contribution >= 4 is 74.7 Å². The zero-order chi connectivity index (χ0) is 23.3. The summed E-state index contributed by atoms with van der Waals surface area (Å²) in [6, 6.07) is 15.2. The van der Waals surface area contributed by atoms with E-state index in [2.05, 4.69) is 10.6 Å². The molecule has 3 rings (SSSR count). The van der Waals surface area contributed by atoms with Crippen LogP contribution in [0, 0.1) is 6.92 Å². The maximum atomic E-state index is 12.3. The molecule has 32 heavy (non-hydrogen) atoms. The number of rotatable bonds is 6. The van der Waals surface area contributed by atoms with Gasteiger partial charge in [-0.25, -0.2) is 9.59 Å². The first kappa shape index (κ1) is 24.1. The van der Waals surface area contributed by atoms with Crippen molar-refractivity contribution in [3.8, 4) is 0 Å². The second-order valence-electron chi connectivity index (χ2n) is 6.37. The van der Waals surface area contributed by atoms with Gasteiger partial charge in [-0.3, -0.25) is 0 Å². The average molecular weight is 507 g/mol. The molecule has 0 aliphatic carbocycles. The number of para-hydroxylation sites is 1. The molecule has 0 aliphatic heterocycles. The predicted octanol–water partition coefficient (Wildman–Crippen LogP) is 6.24. The molecule has 3 aromatic rings. The Morgan fingerprint density at radius 3 is 2.31 bits per heavy atom. The van der Waals surface area contributed by atoms with Crippen LogP contribution in [0.1, 0.15) is 25.6 Å². The van der Waals surface area contributed by atoms with Crippen LogP contribution < -0.4 is 10.6 Å². The van der Waals surface area contributed by atoms with Crippen molar-refractivity contribution in [2.75, 3.05) is 24.9 Å². The summed E-state index contributed by atoms with van der Waals surface area (Å²) < 4.78 is 9.69. The zero-order valence-electron chi connectivity index (χ0n) is 17.4. The summed E-state index contributed by atoms with van der Waals surface area (Å²) in [5.41, 5.74) is 1.50. The molecule has 1 aromatic heterocycles. The molecular weight excluding hydrogens is 488 g/mol. The van der Waals surface area contributed by atoms with Crippen LogP contribution >= 0.6 is 46.9 Å². The second-order valence-corrected chi connectivity index (χ2v) is 9.36.